The summed E-state index contributed by atoms with van der Waals surface area (Å²) < 4.78 is 0. The third kappa shape index (κ3) is 3.04. The predicted molar refractivity (Wildman–Crippen MR) is 96.3 cm³/mol. The van der Waals surface area contributed by atoms with Crippen molar-refractivity contribution in [1.82, 2.24) is 0 Å². The van der Waals surface area contributed by atoms with Crippen LogP contribution in [0.1, 0.15) is 36.7 Å². The summed E-state index contributed by atoms with van der Waals surface area (Å²) >= 11 is 0. The highest BCUT2D eigenvalue weighted by Crippen LogP contribution is 2.33. The van der Waals surface area contributed by atoms with Gasteiger partial charge in [-0.15, -0.1) is 0 Å². The first-order valence-electron chi connectivity index (χ1n) is 8.29. The van der Waals surface area contributed by atoms with Gasteiger partial charge in [0.1, 0.15) is 0 Å². The van der Waals surface area contributed by atoms with Gasteiger partial charge in [0.05, 0.1) is 0 Å². The number of fused-ring (bicyclic) bond motifs is 1. The average molecular weight is 322 g/mol. The molecule has 1 heterocycles. The van der Waals surface area contributed by atoms with Crippen molar-refractivity contribution in [3.63, 3.8) is 0 Å². The Kier molecular flexibility index (Phi) is 4.38. The number of nitrogens with one attached hydrogen (secondary N) is 1. The van der Waals surface area contributed by atoms with E-state index in [0.29, 0.717) is 11.3 Å². The van der Waals surface area contributed by atoms with Crippen LogP contribution >= 0.6 is 0 Å². The fourth-order valence-electron chi connectivity index (χ4n) is 3.03. The van der Waals surface area contributed by atoms with Crippen LogP contribution in [0.5, 0.6) is 0 Å². The topological polar surface area (TPSA) is 49.4 Å². The third-order valence-electron chi connectivity index (χ3n) is 4.33. The Morgan fingerprint density at radius 3 is 2.62 bits per heavy atom. The van der Waals surface area contributed by atoms with Gasteiger partial charge in [0.2, 0.25) is 5.91 Å². The molecule has 124 valence electrons. The number of carbonyl (C=O) groups is 2. The third-order valence-corrected chi connectivity index (χ3v) is 4.33. The van der Waals surface area contributed by atoms with Crippen LogP contribution in [0.25, 0.3) is 0 Å². The molecule has 1 aliphatic rings. The second kappa shape index (κ2) is 6.48. The van der Waals surface area contributed by atoms with Gasteiger partial charge in [-0.25, -0.2) is 0 Å². The van der Waals surface area contributed by atoms with Gasteiger partial charge in [-0.05, 0) is 43.2 Å². The molecule has 0 bridgehead atoms. The van der Waals surface area contributed by atoms with Gasteiger partial charge in [-0.2, -0.15) is 0 Å². The smallest absolute Gasteiger partial charge is 0.258 e. The van der Waals surface area contributed by atoms with Crippen LogP contribution in [-0.2, 0) is 11.2 Å². The minimum atomic E-state index is -0.102. The van der Waals surface area contributed by atoms with Crippen molar-refractivity contribution < 1.29 is 9.59 Å². The monoisotopic (exact) mass is 322 g/mol. The summed E-state index contributed by atoms with van der Waals surface area (Å²) in [6, 6.07) is 15.3. The standard InChI is InChI=1S/C20H22N2O2/c1-13(2)19(23)21-17-9-6-8-16(12-17)20(24)22-14(3)11-15-7-4-5-10-18(15)22/h4-10,12-14H,11H2,1-3H3,(H,21,23). The van der Waals surface area contributed by atoms with Crippen LogP contribution in [0, 0.1) is 5.92 Å². The molecule has 0 aliphatic carbocycles. The molecule has 0 saturated heterocycles. The lowest BCUT2D eigenvalue weighted by molar-refractivity contribution is -0.118. The van der Waals surface area contributed by atoms with Gasteiger partial charge in [-0.3, -0.25) is 9.59 Å². The van der Waals surface area contributed by atoms with E-state index < -0.39 is 0 Å². The molecule has 1 atom stereocenters. The zero-order chi connectivity index (χ0) is 17.3. The van der Waals surface area contributed by atoms with Crippen molar-refractivity contribution in [3.05, 3.63) is 59.7 Å². The molecule has 0 aromatic heterocycles. The Morgan fingerprint density at radius 1 is 1.12 bits per heavy atom. The normalized spacial score (nSPS) is 16.2. The van der Waals surface area contributed by atoms with Gasteiger partial charge >= 0.3 is 0 Å². The Labute approximate surface area is 142 Å². The van der Waals surface area contributed by atoms with Crippen molar-refractivity contribution in [2.24, 2.45) is 5.92 Å². The molecular formula is C20H22N2O2. The number of rotatable bonds is 3. The minimum Gasteiger partial charge on any atom is -0.326 e. The maximum absolute atomic E-state index is 13.0. The van der Waals surface area contributed by atoms with Crippen LogP contribution in [0.4, 0.5) is 11.4 Å². The molecule has 1 aliphatic heterocycles. The highest BCUT2D eigenvalue weighted by atomic mass is 16.2. The van der Waals surface area contributed by atoms with Crippen molar-refractivity contribution in [2.45, 2.75) is 33.2 Å². The molecule has 1 N–H and O–H groups in total. The van der Waals surface area contributed by atoms with Gasteiger partial charge in [-0.1, -0.05) is 38.1 Å². The highest BCUT2D eigenvalue weighted by molar-refractivity contribution is 6.08. The molecular weight excluding hydrogens is 300 g/mol. The minimum absolute atomic E-state index is 0.0342. The summed E-state index contributed by atoms with van der Waals surface area (Å²) in [4.78, 5) is 26.7. The molecule has 2 amide bonds. The van der Waals surface area contributed by atoms with Crippen LogP contribution in [0.2, 0.25) is 0 Å². The SMILES string of the molecule is CC(C)C(=O)Nc1cccc(C(=O)N2c3ccccc3CC2C)c1. The second-order valence-electron chi connectivity index (χ2n) is 6.58. The number of carbonyl (C=O) groups excluding carboxylic acids is 2. The van der Waals surface area contributed by atoms with E-state index in [0.717, 1.165) is 12.1 Å². The first-order chi connectivity index (χ1) is 11.5. The molecule has 0 fully saturated rings. The zero-order valence-electron chi connectivity index (χ0n) is 14.2. The van der Waals surface area contributed by atoms with E-state index in [-0.39, 0.29) is 23.8 Å². The average Bonchev–Trinajstić information content (AvgIpc) is 2.90. The summed E-state index contributed by atoms with van der Waals surface area (Å²) in [5.41, 5.74) is 3.41. The lowest BCUT2D eigenvalue weighted by Gasteiger charge is -2.23. The summed E-state index contributed by atoms with van der Waals surface area (Å²) in [6.45, 7) is 5.74. The van der Waals surface area contributed by atoms with E-state index in [1.807, 2.05) is 36.9 Å². The fraction of sp³-hybridized carbons (Fsp3) is 0.300. The zero-order valence-corrected chi connectivity index (χ0v) is 14.2. The van der Waals surface area contributed by atoms with Gasteiger partial charge in [0.25, 0.3) is 5.91 Å². The van der Waals surface area contributed by atoms with Gasteiger partial charge in [0, 0.05) is 28.9 Å². The van der Waals surface area contributed by atoms with Gasteiger partial charge in [0.15, 0.2) is 0 Å². The summed E-state index contributed by atoms with van der Waals surface area (Å²) in [5, 5.41) is 2.85. The number of benzene rings is 2. The number of nitrogens with zero attached hydrogens (tertiary/aromatic N) is 1. The Balaban J connectivity index is 1.87. The fourth-order valence-corrected chi connectivity index (χ4v) is 3.03. The molecule has 4 heteroatoms. The molecule has 2 aromatic carbocycles. The molecule has 0 radical (unpaired) electrons. The molecule has 3 rings (SSSR count). The van der Waals surface area contributed by atoms with E-state index in [4.69, 9.17) is 0 Å². The number of para-hydroxylation sites is 1. The first-order valence-corrected chi connectivity index (χ1v) is 8.29. The lowest BCUT2D eigenvalue weighted by Crippen LogP contribution is -2.35. The largest absolute Gasteiger partial charge is 0.326 e. The van der Waals surface area contributed by atoms with Crippen LogP contribution < -0.4 is 10.2 Å². The Bertz CT molecular complexity index is 783. The molecule has 2 aromatic rings. The maximum atomic E-state index is 13.0. The van der Waals surface area contributed by atoms with E-state index in [1.54, 1.807) is 24.3 Å². The summed E-state index contributed by atoms with van der Waals surface area (Å²) in [7, 11) is 0. The number of hydrogen-bond donors (Lipinski definition) is 1. The van der Waals surface area contributed by atoms with E-state index in [2.05, 4.69) is 18.3 Å². The summed E-state index contributed by atoms with van der Waals surface area (Å²) in [5.74, 6) is -0.192. The molecule has 1 unspecified atom stereocenters. The molecule has 0 saturated carbocycles. The number of amides is 2. The van der Waals surface area contributed by atoms with Crippen LogP contribution in [0.3, 0.4) is 0 Å². The van der Waals surface area contributed by atoms with Gasteiger partial charge < -0.3 is 10.2 Å². The van der Waals surface area contributed by atoms with E-state index in [9.17, 15) is 9.59 Å². The number of anilines is 2. The Morgan fingerprint density at radius 2 is 1.88 bits per heavy atom. The first kappa shape index (κ1) is 16.2. The maximum Gasteiger partial charge on any atom is 0.258 e. The summed E-state index contributed by atoms with van der Waals surface area (Å²) in [6.07, 6.45) is 0.867. The van der Waals surface area contributed by atoms with Crippen molar-refractivity contribution in [1.29, 1.82) is 0 Å². The lowest BCUT2D eigenvalue weighted by atomic mass is 10.1. The van der Waals surface area contributed by atoms with E-state index >= 15 is 0 Å². The van der Waals surface area contributed by atoms with E-state index in [1.165, 1.54) is 5.56 Å². The predicted octanol–water partition coefficient (Wildman–Crippen LogP) is 3.87. The Hall–Kier alpha value is -2.62. The van der Waals surface area contributed by atoms with Crippen molar-refractivity contribution >= 4 is 23.2 Å². The molecule has 4 nitrogen and oxygen atoms in total. The second-order valence-corrected chi connectivity index (χ2v) is 6.58. The van der Waals surface area contributed by atoms with Crippen molar-refractivity contribution in [3.8, 4) is 0 Å². The molecule has 0 spiro atoms. The van der Waals surface area contributed by atoms with Crippen molar-refractivity contribution in [2.75, 3.05) is 10.2 Å². The highest BCUT2D eigenvalue weighted by Gasteiger charge is 2.31. The van der Waals surface area contributed by atoms with Crippen LogP contribution in [-0.4, -0.2) is 17.9 Å². The number of hydrogen-bond acceptors (Lipinski definition) is 2. The quantitative estimate of drug-likeness (QED) is 0.932. The van der Waals surface area contributed by atoms with Crippen LogP contribution in [0.15, 0.2) is 48.5 Å². The molecule has 24 heavy (non-hydrogen) atoms.